The highest BCUT2D eigenvalue weighted by molar-refractivity contribution is 5.83. The lowest BCUT2D eigenvalue weighted by molar-refractivity contribution is 0.102. The van der Waals surface area contributed by atoms with Gasteiger partial charge in [-0.05, 0) is 33.9 Å². The molecule has 2 unspecified atom stereocenters. The third kappa shape index (κ3) is 2.05. The Morgan fingerprint density at radius 2 is 1.52 bits per heavy atom. The second-order valence-corrected chi connectivity index (χ2v) is 5.75. The number of rotatable bonds is 2. The van der Waals surface area contributed by atoms with Gasteiger partial charge >= 0.3 is 0 Å². The summed E-state index contributed by atoms with van der Waals surface area (Å²) in [5.74, 6) is 0.441. The molecule has 0 aliphatic heterocycles. The van der Waals surface area contributed by atoms with E-state index in [1.807, 2.05) is 7.11 Å². The summed E-state index contributed by atoms with van der Waals surface area (Å²) in [6.45, 7) is 0. The lowest BCUT2D eigenvalue weighted by Crippen LogP contribution is -1.97. The summed E-state index contributed by atoms with van der Waals surface area (Å²) >= 11 is 0. The molecule has 1 aliphatic rings. The summed E-state index contributed by atoms with van der Waals surface area (Å²) in [6, 6.07) is 24.1. The minimum atomic E-state index is 0.220. The molecule has 3 aromatic carbocycles. The maximum atomic E-state index is 5.68. The van der Waals surface area contributed by atoms with Crippen molar-refractivity contribution in [3.63, 3.8) is 0 Å². The van der Waals surface area contributed by atoms with E-state index in [1.54, 1.807) is 0 Å². The highest BCUT2D eigenvalue weighted by Crippen LogP contribution is 2.45. The first-order chi connectivity index (χ1) is 10.4. The smallest absolute Gasteiger partial charge is 0.0833 e. The van der Waals surface area contributed by atoms with Crippen LogP contribution < -0.4 is 0 Å². The van der Waals surface area contributed by atoms with Crippen LogP contribution in [0.4, 0.5) is 0 Å². The van der Waals surface area contributed by atoms with E-state index < -0.39 is 0 Å². The van der Waals surface area contributed by atoms with E-state index in [0.29, 0.717) is 5.92 Å². The van der Waals surface area contributed by atoms with Gasteiger partial charge < -0.3 is 4.74 Å². The number of hydrogen-bond donors (Lipinski definition) is 0. The van der Waals surface area contributed by atoms with Crippen LogP contribution in [0.5, 0.6) is 0 Å². The molecular weight excluding hydrogens is 256 g/mol. The van der Waals surface area contributed by atoms with Gasteiger partial charge in [-0.25, -0.2) is 0 Å². The lowest BCUT2D eigenvalue weighted by atomic mass is 9.91. The molecule has 0 aromatic heterocycles. The number of methoxy groups -OCH3 is 1. The van der Waals surface area contributed by atoms with Gasteiger partial charge in [0.15, 0.2) is 0 Å². The standard InChI is InChI=1S/C20H18O/c1-21-20-13-19(17-8-4-5-9-18(17)20)16-11-10-14-6-2-3-7-15(14)12-16/h2-12,19-20H,13H2,1H3. The first kappa shape index (κ1) is 12.6. The van der Waals surface area contributed by atoms with Gasteiger partial charge in [0.1, 0.15) is 0 Å². The van der Waals surface area contributed by atoms with E-state index in [-0.39, 0.29) is 6.10 Å². The van der Waals surface area contributed by atoms with Crippen LogP contribution in [0.2, 0.25) is 0 Å². The van der Waals surface area contributed by atoms with Crippen molar-refractivity contribution in [1.82, 2.24) is 0 Å². The molecule has 4 rings (SSSR count). The van der Waals surface area contributed by atoms with E-state index in [2.05, 4.69) is 66.7 Å². The summed E-state index contributed by atoms with van der Waals surface area (Å²) in [5.41, 5.74) is 4.15. The largest absolute Gasteiger partial charge is 0.377 e. The normalized spacial score (nSPS) is 20.6. The van der Waals surface area contributed by atoms with Crippen LogP contribution in [-0.4, -0.2) is 7.11 Å². The van der Waals surface area contributed by atoms with Crippen LogP contribution >= 0.6 is 0 Å². The fourth-order valence-corrected chi connectivity index (χ4v) is 3.55. The zero-order valence-corrected chi connectivity index (χ0v) is 12.1. The molecule has 0 saturated carbocycles. The topological polar surface area (TPSA) is 9.23 Å². The molecule has 0 heterocycles. The summed E-state index contributed by atoms with van der Waals surface area (Å²) in [4.78, 5) is 0. The third-order valence-corrected chi connectivity index (χ3v) is 4.63. The first-order valence-electron chi connectivity index (χ1n) is 7.47. The highest BCUT2D eigenvalue weighted by Gasteiger charge is 2.31. The molecule has 0 spiro atoms. The number of fused-ring (bicyclic) bond motifs is 2. The maximum Gasteiger partial charge on any atom is 0.0833 e. The van der Waals surface area contributed by atoms with E-state index in [4.69, 9.17) is 4.74 Å². The average molecular weight is 274 g/mol. The van der Waals surface area contributed by atoms with Crippen molar-refractivity contribution in [3.05, 3.63) is 83.4 Å². The zero-order valence-electron chi connectivity index (χ0n) is 12.1. The average Bonchev–Trinajstić information content (AvgIpc) is 2.93. The first-order valence-corrected chi connectivity index (χ1v) is 7.47. The van der Waals surface area contributed by atoms with Crippen molar-refractivity contribution in [1.29, 1.82) is 0 Å². The minimum absolute atomic E-state index is 0.220. The predicted molar refractivity (Wildman–Crippen MR) is 86.6 cm³/mol. The van der Waals surface area contributed by atoms with Gasteiger partial charge in [0.25, 0.3) is 0 Å². The molecular formula is C20H18O. The van der Waals surface area contributed by atoms with Gasteiger partial charge in [-0.3, -0.25) is 0 Å². The van der Waals surface area contributed by atoms with Crippen LogP contribution in [0.3, 0.4) is 0 Å². The molecule has 2 atom stereocenters. The maximum absolute atomic E-state index is 5.68. The Kier molecular flexibility index (Phi) is 3.01. The fraction of sp³-hybridized carbons (Fsp3) is 0.200. The number of hydrogen-bond acceptors (Lipinski definition) is 1. The van der Waals surface area contributed by atoms with E-state index >= 15 is 0 Å². The van der Waals surface area contributed by atoms with Gasteiger partial charge in [-0.15, -0.1) is 0 Å². The Bertz CT molecular complexity index is 790. The van der Waals surface area contributed by atoms with Crippen LogP contribution in [0.1, 0.15) is 35.1 Å². The second-order valence-electron chi connectivity index (χ2n) is 5.75. The molecule has 0 amide bonds. The highest BCUT2D eigenvalue weighted by atomic mass is 16.5. The third-order valence-electron chi connectivity index (χ3n) is 4.63. The molecule has 1 heteroatoms. The van der Waals surface area contributed by atoms with Crippen molar-refractivity contribution in [2.45, 2.75) is 18.4 Å². The summed E-state index contributed by atoms with van der Waals surface area (Å²) in [5, 5.41) is 2.61. The molecule has 3 aromatic rings. The van der Waals surface area contributed by atoms with Crippen LogP contribution in [0.15, 0.2) is 66.7 Å². The van der Waals surface area contributed by atoms with Crippen LogP contribution in [0, 0.1) is 0 Å². The molecule has 0 bridgehead atoms. The van der Waals surface area contributed by atoms with E-state index in [9.17, 15) is 0 Å². The van der Waals surface area contributed by atoms with Crippen molar-refractivity contribution < 1.29 is 4.74 Å². The van der Waals surface area contributed by atoms with E-state index in [0.717, 1.165) is 6.42 Å². The van der Waals surface area contributed by atoms with Gasteiger partial charge in [0.05, 0.1) is 6.10 Å². The van der Waals surface area contributed by atoms with Gasteiger partial charge in [-0.1, -0.05) is 66.7 Å². The van der Waals surface area contributed by atoms with Crippen molar-refractivity contribution >= 4 is 10.8 Å². The van der Waals surface area contributed by atoms with Crippen molar-refractivity contribution in [2.75, 3.05) is 7.11 Å². The van der Waals surface area contributed by atoms with Gasteiger partial charge in [0.2, 0.25) is 0 Å². The van der Waals surface area contributed by atoms with Crippen LogP contribution in [-0.2, 0) is 4.74 Å². The van der Waals surface area contributed by atoms with Crippen molar-refractivity contribution in [3.8, 4) is 0 Å². The van der Waals surface area contributed by atoms with Gasteiger partial charge in [0, 0.05) is 13.0 Å². The predicted octanol–water partition coefficient (Wildman–Crippen LogP) is 5.06. The van der Waals surface area contributed by atoms with Crippen LogP contribution in [0.25, 0.3) is 10.8 Å². The molecule has 21 heavy (non-hydrogen) atoms. The molecule has 1 aliphatic carbocycles. The van der Waals surface area contributed by atoms with Gasteiger partial charge in [-0.2, -0.15) is 0 Å². The lowest BCUT2D eigenvalue weighted by Gasteiger charge is -2.13. The Morgan fingerprint density at radius 1 is 0.810 bits per heavy atom. The Balaban J connectivity index is 1.82. The molecule has 104 valence electrons. The van der Waals surface area contributed by atoms with Crippen molar-refractivity contribution in [2.24, 2.45) is 0 Å². The molecule has 0 fully saturated rings. The quantitative estimate of drug-likeness (QED) is 0.634. The Morgan fingerprint density at radius 3 is 2.33 bits per heavy atom. The monoisotopic (exact) mass is 274 g/mol. The molecule has 0 N–H and O–H groups in total. The Labute approximate surface area is 125 Å². The van der Waals surface area contributed by atoms with E-state index in [1.165, 1.54) is 27.5 Å². The molecule has 0 radical (unpaired) electrons. The SMILES string of the molecule is COC1CC(c2ccc3ccccc3c2)c2ccccc21. The zero-order chi connectivity index (χ0) is 14.2. The fourth-order valence-electron chi connectivity index (χ4n) is 3.55. The Hall–Kier alpha value is -2.12. The minimum Gasteiger partial charge on any atom is -0.377 e. The second kappa shape index (κ2) is 5.01. The molecule has 1 nitrogen and oxygen atoms in total. The number of benzene rings is 3. The summed E-state index contributed by atoms with van der Waals surface area (Å²) < 4.78 is 5.68. The summed E-state index contributed by atoms with van der Waals surface area (Å²) in [7, 11) is 1.81. The number of ether oxygens (including phenoxy) is 1. The summed E-state index contributed by atoms with van der Waals surface area (Å²) in [6.07, 6.45) is 1.26. The molecule has 0 saturated heterocycles.